The molecule has 0 unspecified atom stereocenters. The second-order valence-corrected chi connectivity index (χ2v) is 3.43. The van der Waals surface area contributed by atoms with Gasteiger partial charge in [-0.2, -0.15) is 13.2 Å². The molecule has 0 spiro atoms. The second kappa shape index (κ2) is 4.37. The van der Waals surface area contributed by atoms with Gasteiger partial charge < -0.3 is 5.11 Å². The van der Waals surface area contributed by atoms with E-state index in [9.17, 15) is 17.6 Å². The van der Waals surface area contributed by atoms with Crippen LogP contribution in [-0.4, -0.2) is 20.1 Å². The van der Waals surface area contributed by atoms with Gasteiger partial charge in [0.1, 0.15) is 11.5 Å². The normalized spacial score (nSPS) is 11.8. The fraction of sp³-hybridized carbons (Fsp3) is 0.200. The first-order chi connectivity index (χ1) is 8.43. The van der Waals surface area contributed by atoms with Crippen LogP contribution in [0.1, 0.15) is 11.4 Å². The summed E-state index contributed by atoms with van der Waals surface area (Å²) in [6, 6.07) is 4.50. The van der Waals surface area contributed by atoms with Crippen LogP contribution in [0.3, 0.4) is 0 Å². The first kappa shape index (κ1) is 12.5. The van der Waals surface area contributed by atoms with Crippen LogP contribution >= 0.6 is 0 Å². The highest BCUT2D eigenvalue weighted by atomic mass is 19.4. The van der Waals surface area contributed by atoms with Gasteiger partial charge in [0.15, 0.2) is 5.69 Å². The summed E-state index contributed by atoms with van der Waals surface area (Å²) in [6.07, 6.45) is -4.74. The van der Waals surface area contributed by atoms with Crippen LogP contribution in [0.2, 0.25) is 0 Å². The quantitative estimate of drug-likeness (QED) is 0.840. The lowest BCUT2D eigenvalue weighted by atomic mass is 10.2. The lowest BCUT2D eigenvalue weighted by molar-refractivity contribution is -0.143. The number of aliphatic hydroxyl groups excluding tert-OH is 1. The predicted molar refractivity (Wildman–Crippen MR) is 52.2 cm³/mol. The highest BCUT2D eigenvalue weighted by molar-refractivity contribution is 5.34. The summed E-state index contributed by atoms with van der Waals surface area (Å²) in [4.78, 5) is 0. The molecule has 4 nitrogen and oxygen atoms in total. The molecule has 0 aliphatic heterocycles. The van der Waals surface area contributed by atoms with Gasteiger partial charge in [0.25, 0.3) is 0 Å². The summed E-state index contributed by atoms with van der Waals surface area (Å²) in [5.74, 6) is -0.693. The Bertz CT molecular complexity index is 564. The third-order valence-corrected chi connectivity index (χ3v) is 2.21. The maximum atomic E-state index is 13.0. The van der Waals surface area contributed by atoms with Crippen LogP contribution in [-0.2, 0) is 12.8 Å². The average Bonchev–Trinajstić information content (AvgIpc) is 2.72. The Morgan fingerprint density at radius 2 is 2.00 bits per heavy atom. The highest BCUT2D eigenvalue weighted by Crippen LogP contribution is 2.32. The molecule has 0 bridgehead atoms. The Hall–Kier alpha value is -1.96. The molecule has 18 heavy (non-hydrogen) atoms. The average molecular weight is 261 g/mol. The molecule has 96 valence electrons. The van der Waals surface area contributed by atoms with Gasteiger partial charge in [0.2, 0.25) is 0 Å². The van der Waals surface area contributed by atoms with Gasteiger partial charge in [-0.1, -0.05) is 11.3 Å². The van der Waals surface area contributed by atoms with E-state index in [-0.39, 0.29) is 5.69 Å². The molecule has 2 aromatic rings. The largest absolute Gasteiger partial charge is 0.435 e. The first-order valence-corrected chi connectivity index (χ1v) is 4.82. The van der Waals surface area contributed by atoms with E-state index < -0.39 is 30.0 Å². The van der Waals surface area contributed by atoms with Crippen molar-refractivity contribution in [3.8, 4) is 5.69 Å². The molecule has 0 amide bonds. The van der Waals surface area contributed by atoms with Gasteiger partial charge in [0.05, 0.1) is 12.3 Å². The van der Waals surface area contributed by atoms with Crippen molar-refractivity contribution in [1.29, 1.82) is 0 Å². The van der Waals surface area contributed by atoms with Crippen molar-refractivity contribution in [2.75, 3.05) is 0 Å². The molecule has 1 heterocycles. The van der Waals surface area contributed by atoms with Crippen molar-refractivity contribution in [2.45, 2.75) is 12.8 Å². The molecule has 0 atom stereocenters. The van der Waals surface area contributed by atoms with Gasteiger partial charge in [-0.3, -0.25) is 0 Å². The number of aromatic nitrogens is 3. The molecule has 8 heteroatoms. The fourth-order valence-electron chi connectivity index (χ4n) is 1.49. The third kappa shape index (κ3) is 2.19. The van der Waals surface area contributed by atoms with E-state index in [0.29, 0.717) is 4.68 Å². The van der Waals surface area contributed by atoms with Crippen molar-refractivity contribution in [1.82, 2.24) is 15.0 Å². The van der Waals surface area contributed by atoms with E-state index in [4.69, 9.17) is 5.11 Å². The van der Waals surface area contributed by atoms with Crippen molar-refractivity contribution < 1.29 is 22.7 Å². The van der Waals surface area contributed by atoms with Crippen molar-refractivity contribution in [3.05, 3.63) is 41.5 Å². The lowest BCUT2D eigenvalue weighted by Crippen LogP contribution is -2.15. The Balaban J connectivity index is 2.62. The molecule has 0 aliphatic carbocycles. The number of hydrogen-bond donors (Lipinski definition) is 1. The zero-order valence-corrected chi connectivity index (χ0v) is 8.82. The summed E-state index contributed by atoms with van der Waals surface area (Å²) in [7, 11) is 0. The zero-order valence-electron chi connectivity index (χ0n) is 8.82. The van der Waals surface area contributed by atoms with E-state index in [1.165, 1.54) is 12.1 Å². The van der Waals surface area contributed by atoms with E-state index in [0.717, 1.165) is 12.1 Å². The summed E-state index contributed by atoms with van der Waals surface area (Å²) in [6.45, 7) is -0.899. The summed E-state index contributed by atoms with van der Waals surface area (Å²) < 4.78 is 51.9. The monoisotopic (exact) mass is 261 g/mol. The molecule has 2 rings (SSSR count). The third-order valence-electron chi connectivity index (χ3n) is 2.21. The molecule has 1 aromatic carbocycles. The Morgan fingerprint density at radius 3 is 2.56 bits per heavy atom. The van der Waals surface area contributed by atoms with Crippen molar-refractivity contribution in [2.24, 2.45) is 0 Å². The minimum Gasteiger partial charge on any atom is -0.390 e. The molecular formula is C10H7F4N3O. The zero-order chi connectivity index (χ0) is 13.3. The van der Waals surface area contributed by atoms with E-state index in [1.54, 1.807) is 0 Å². The van der Waals surface area contributed by atoms with E-state index >= 15 is 0 Å². The number of nitrogens with zero attached hydrogens (tertiary/aromatic N) is 3. The Labute approximate surface area is 98.5 Å². The number of aliphatic hydroxyl groups is 1. The van der Waals surface area contributed by atoms with Gasteiger partial charge in [-0.15, -0.1) is 5.10 Å². The maximum absolute atomic E-state index is 13.0. The topological polar surface area (TPSA) is 50.9 Å². The lowest BCUT2D eigenvalue weighted by Gasteiger charge is -2.10. The van der Waals surface area contributed by atoms with Gasteiger partial charge in [-0.25, -0.2) is 9.07 Å². The number of halogens is 4. The second-order valence-electron chi connectivity index (χ2n) is 3.43. The van der Waals surface area contributed by atoms with E-state index in [1.807, 2.05) is 0 Å². The SMILES string of the molecule is OCc1nnn(-c2cccc(F)c2)c1C(F)(F)F. The molecule has 0 fully saturated rings. The van der Waals surface area contributed by atoms with Crippen LogP contribution in [0.4, 0.5) is 17.6 Å². The molecule has 1 N–H and O–H groups in total. The number of hydrogen-bond acceptors (Lipinski definition) is 3. The number of alkyl halides is 3. The Morgan fingerprint density at radius 1 is 1.28 bits per heavy atom. The summed E-state index contributed by atoms with van der Waals surface area (Å²) in [5, 5.41) is 15.3. The van der Waals surface area contributed by atoms with Crippen molar-refractivity contribution in [3.63, 3.8) is 0 Å². The van der Waals surface area contributed by atoms with Gasteiger partial charge in [-0.05, 0) is 18.2 Å². The minimum absolute atomic E-state index is 0.116. The number of rotatable bonds is 2. The summed E-state index contributed by atoms with van der Waals surface area (Å²) in [5.41, 5.74) is -1.93. The maximum Gasteiger partial charge on any atom is 0.435 e. The molecule has 0 radical (unpaired) electrons. The standard InChI is InChI=1S/C10H7F4N3O/c11-6-2-1-3-7(4-6)17-9(10(12,13)14)8(5-18)15-16-17/h1-4,18H,5H2. The summed E-state index contributed by atoms with van der Waals surface area (Å²) >= 11 is 0. The fourth-order valence-corrected chi connectivity index (χ4v) is 1.49. The van der Waals surface area contributed by atoms with Crippen LogP contribution in [0, 0.1) is 5.82 Å². The molecule has 0 saturated carbocycles. The highest BCUT2D eigenvalue weighted by Gasteiger charge is 2.39. The molecule has 0 aliphatic rings. The smallest absolute Gasteiger partial charge is 0.390 e. The van der Waals surface area contributed by atoms with Crippen LogP contribution in [0.5, 0.6) is 0 Å². The van der Waals surface area contributed by atoms with Crippen LogP contribution in [0.15, 0.2) is 24.3 Å². The van der Waals surface area contributed by atoms with E-state index in [2.05, 4.69) is 10.3 Å². The van der Waals surface area contributed by atoms with Crippen LogP contribution in [0.25, 0.3) is 5.69 Å². The van der Waals surface area contributed by atoms with Gasteiger partial charge >= 0.3 is 6.18 Å². The number of benzene rings is 1. The van der Waals surface area contributed by atoms with Crippen molar-refractivity contribution >= 4 is 0 Å². The first-order valence-electron chi connectivity index (χ1n) is 4.82. The van der Waals surface area contributed by atoms with Crippen LogP contribution < -0.4 is 0 Å². The molecule has 0 saturated heterocycles. The molecular weight excluding hydrogens is 254 g/mol. The Kier molecular flexibility index (Phi) is 3.04. The minimum atomic E-state index is -4.74. The molecule has 1 aromatic heterocycles. The van der Waals surface area contributed by atoms with Gasteiger partial charge in [0, 0.05) is 0 Å². The predicted octanol–water partition coefficient (Wildman–Crippen LogP) is 1.92.